The van der Waals surface area contributed by atoms with Crippen LogP contribution in [0.25, 0.3) is 29.4 Å². The SMILES string of the molecule is O=C(O)N1C=c2c(n3c4c(cccc24)N=CC=C3)=CC1. The average molecular weight is 265 g/mol. The van der Waals surface area contributed by atoms with Gasteiger partial charge in [0.2, 0.25) is 0 Å². The summed E-state index contributed by atoms with van der Waals surface area (Å²) in [5, 5.41) is 12.1. The van der Waals surface area contributed by atoms with Crippen LogP contribution in [-0.4, -0.2) is 33.4 Å². The average Bonchev–Trinajstić information content (AvgIpc) is 2.63. The highest BCUT2D eigenvalue weighted by molar-refractivity contribution is 5.97. The van der Waals surface area contributed by atoms with Gasteiger partial charge in [-0.1, -0.05) is 12.1 Å². The van der Waals surface area contributed by atoms with E-state index in [1.165, 1.54) is 4.90 Å². The van der Waals surface area contributed by atoms with E-state index in [1.807, 2.05) is 36.6 Å². The van der Waals surface area contributed by atoms with Crippen molar-refractivity contribution < 1.29 is 9.90 Å². The first-order valence-corrected chi connectivity index (χ1v) is 6.31. The number of allylic oxidation sites excluding steroid dienone is 1. The van der Waals surface area contributed by atoms with Gasteiger partial charge in [0.25, 0.3) is 0 Å². The van der Waals surface area contributed by atoms with Crippen LogP contribution in [0.4, 0.5) is 10.5 Å². The number of rotatable bonds is 0. The Kier molecular flexibility index (Phi) is 2.12. The zero-order valence-electron chi connectivity index (χ0n) is 10.5. The summed E-state index contributed by atoms with van der Waals surface area (Å²) in [4.78, 5) is 16.8. The number of benzene rings is 1. The van der Waals surface area contributed by atoms with E-state index in [0.29, 0.717) is 6.54 Å². The summed E-state index contributed by atoms with van der Waals surface area (Å²) >= 11 is 0. The first kappa shape index (κ1) is 11.0. The molecule has 2 aromatic rings. The molecule has 20 heavy (non-hydrogen) atoms. The van der Waals surface area contributed by atoms with E-state index in [1.54, 1.807) is 12.4 Å². The lowest BCUT2D eigenvalue weighted by molar-refractivity contribution is 0.171. The number of para-hydroxylation sites is 1. The van der Waals surface area contributed by atoms with Crippen LogP contribution >= 0.6 is 0 Å². The molecular weight excluding hydrogens is 254 g/mol. The van der Waals surface area contributed by atoms with Crippen LogP contribution in [0.1, 0.15) is 0 Å². The number of carbonyl (C=O) groups is 1. The highest BCUT2D eigenvalue weighted by Crippen LogP contribution is 2.25. The third-order valence-electron chi connectivity index (χ3n) is 3.63. The molecule has 1 aromatic carbocycles. The Bertz CT molecular complexity index is 919. The van der Waals surface area contributed by atoms with Crippen molar-refractivity contribution in [2.75, 3.05) is 6.54 Å². The van der Waals surface area contributed by atoms with Crippen molar-refractivity contribution >= 4 is 47.4 Å². The fourth-order valence-corrected chi connectivity index (χ4v) is 2.77. The van der Waals surface area contributed by atoms with E-state index in [0.717, 1.165) is 27.2 Å². The fourth-order valence-electron chi connectivity index (χ4n) is 2.77. The summed E-state index contributed by atoms with van der Waals surface area (Å²) in [7, 11) is 0. The molecule has 0 saturated heterocycles. The van der Waals surface area contributed by atoms with Gasteiger partial charge in [0, 0.05) is 35.8 Å². The van der Waals surface area contributed by atoms with Crippen molar-refractivity contribution in [1.82, 2.24) is 9.47 Å². The van der Waals surface area contributed by atoms with Gasteiger partial charge in [-0.05, 0) is 18.2 Å². The quantitative estimate of drug-likeness (QED) is 0.781. The molecule has 3 heterocycles. The first-order valence-electron chi connectivity index (χ1n) is 6.31. The van der Waals surface area contributed by atoms with E-state index < -0.39 is 6.09 Å². The Labute approximate surface area is 114 Å². The normalized spacial score (nSPS) is 15.5. The summed E-state index contributed by atoms with van der Waals surface area (Å²) in [6, 6.07) is 5.90. The standard InChI is InChI=1S/C15H11N3O2/c19-15(20)17-8-5-13-11(9-17)10-3-1-4-12-14(10)18(13)7-2-6-16-12/h1-7,9H,8H2,(H,19,20). The second-order valence-electron chi connectivity index (χ2n) is 4.73. The topological polar surface area (TPSA) is 57.8 Å². The van der Waals surface area contributed by atoms with E-state index in [4.69, 9.17) is 5.11 Å². The number of hydrogen-bond donors (Lipinski definition) is 1. The molecule has 0 radical (unpaired) electrons. The zero-order valence-corrected chi connectivity index (χ0v) is 10.5. The molecular formula is C15H11N3O2. The minimum Gasteiger partial charge on any atom is -0.465 e. The Morgan fingerprint density at radius 1 is 1.35 bits per heavy atom. The number of fused-ring (bicyclic) bond motifs is 3. The third kappa shape index (κ3) is 1.37. The minimum absolute atomic E-state index is 0.364. The molecule has 1 N–H and O–H groups in total. The fraction of sp³-hybridized carbons (Fsp3) is 0.0667. The molecule has 0 saturated carbocycles. The Hall–Kier alpha value is -2.82. The van der Waals surface area contributed by atoms with Crippen molar-refractivity contribution in [3.05, 3.63) is 34.8 Å². The summed E-state index contributed by atoms with van der Waals surface area (Å²) in [6.45, 7) is 0.364. The maximum absolute atomic E-state index is 11.1. The number of amides is 1. The molecule has 2 aliphatic heterocycles. The van der Waals surface area contributed by atoms with Gasteiger partial charge >= 0.3 is 6.09 Å². The van der Waals surface area contributed by atoms with Crippen LogP contribution in [0.3, 0.4) is 0 Å². The molecule has 4 rings (SSSR count). The van der Waals surface area contributed by atoms with Gasteiger partial charge in [-0.3, -0.25) is 9.89 Å². The Morgan fingerprint density at radius 3 is 3.10 bits per heavy atom. The Morgan fingerprint density at radius 2 is 2.25 bits per heavy atom. The minimum atomic E-state index is -0.940. The Balaban J connectivity index is 2.20. The van der Waals surface area contributed by atoms with Gasteiger partial charge < -0.3 is 9.67 Å². The molecule has 1 aromatic heterocycles. The summed E-state index contributed by atoms with van der Waals surface area (Å²) in [5.41, 5.74) is 1.91. The van der Waals surface area contributed by atoms with E-state index in [9.17, 15) is 4.79 Å². The molecule has 98 valence electrons. The van der Waals surface area contributed by atoms with E-state index in [2.05, 4.69) is 9.56 Å². The molecule has 5 heteroatoms. The molecule has 5 nitrogen and oxygen atoms in total. The summed E-state index contributed by atoms with van der Waals surface area (Å²) < 4.78 is 2.07. The maximum atomic E-state index is 11.1. The third-order valence-corrected chi connectivity index (χ3v) is 3.63. The molecule has 0 spiro atoms. The summed E-state index contributed by atoms with van der Waals surface area (Å²) in [5.74, 6) is 0. The van der Waals surface area contributed by atoms with Gasteiger partial charge in [0.15, 0.2) is 0 Å². The van der Waals surface area contributed by atoms with Crippen molar-refractivity contribution in [2.45, 2.75) is 0 Å². The van der Waals surface area contributed by atoms with Crippen molar-refractivity contribution in [1.29, 1.82) is 0 Å². The molecule has 0 fully saturated rings. The van der Waals surface area contributed by atoms with E-state index >= 15 is 0 Å². The van der Waals surface area contributed by atoms with Crippen LogP contribution in [0.5, 0.6) is 0 Å². The van der Waals surface area contributed by atoms with Crippen molar-refractivity contribution in [3.8, 4) is 0 Å². The number of aliphatic imine (C=N–C) groups is 1. The number of hydrogen-bond acceptors (Lipinski definition) is 2. The predicted octanol–water partition coefficient (Wildman–Crippen LogP) is 1.34. The van der Waals surface area contributed by atoms with Crippen LogP contribution in [0.15, 0.2) is 29.3 Å². The zero-order chi connectivity index (χ0) is 13.7. The molecule has 1 amide bonds. The van der Waals surface area contributed by atoms with Crippen molar-refractivity contribution in [3.63, 3.8) is 0 Å². The molecule has 0 aliphatic carbocycles. The lowest BCUT2D eigenvalue weighted by Crippen LogP contribution is -2.38. The predicted molar refractivity (Wildman–Crippen MR) is 78.3 cm³/mol. The lowest BCUT2D eigenvalue weighted by Gasteiger charge is -2.14. The first-order chi connectivity index (χ1) is 9.75. The van der Waals surface area contributed by atoms with Gasteiger partial charge in [-0.25, -0.2) is 4.79 Å². The molecule has 0 bridgehead atoms. The van der Waals surface area contributed by atoms with Gasteiger partial charge in [-0.15, -0.1) is 0 Å². The second-order valence-corrected chi connectivity index (χ2v) is 4.73. The number of aromatic nitrogens is 1. The van der Waals surface area contributed by atoms with Crippen LogP contribution in [0, 0.1) is 0 Å². The number of carboxylic acid groups (broad SMARTS) is 1. The van der Waals surface area contributed by atoms with Gasteiger partial charge in [0.1, 0.15) is 0 Å². The highest BCUT2D eigenvalue weighted by Gasteiger charge is 2.16. The van der Waals surface area contributed by atoms with Gasteiger partial charge in [0.05, 0.1) is 16.6 Å². The number of nitrogens with zero attached hydrogens (tertiary/aromatic N) is 3. The van der Waals surface area contributed by atoms with Crippen molar-refractivity contribution in [2.24, 2.45) is 4.99 Å². The summed E-state index contributed by atoms with van der Waals surface area (Å²) in [6.07, 6.45) is 8.30. The van der Waals surface area contributed by atoms with Crippen LogP contribution in [0.2, 0.25) is 0 Å². The molecule has 0 unspecified atom stereocenters. The van der Waals surface area contributed by atoms with Gasteiger partial charge in [-0.2, -0.15) is 0 Å². The van der Waals surface area contributed by atoms with Crippen LogP contribution < -0.4 is 10.6 Å². The second kappa shape index (κ2) is 3.84. The maximum Gasteiger partial charge on any atom is 0.411 e. The van der Waals surface area contributed by atoms with E-state index in [-0.39, 0.29) is 0 Å². The molecule has 0 atom stereocenters. The molecule has 2 aliphatic rings. The lowest BCUT2D eigenvalue weighted by atomic mass is 10.2. The smallest absolute Gasteiger partial charge is 0.411 e. The van der Waals surface area contributed by atoms with Crippen LogP contribution in [-0.2, 0) is 0 Å². The largest absolute Gasteiger partial charge is 0.465 e. The highest BCUT2D eigenvalue weighted by atomic mass is 16.4. The monoisotopic (exact) mass is 265 g/mol.